The molecule has 1 aliphatic heterocycles. The molecular formula is C17H19FN6O3. The maximum Gasteiger partial charge on any atom is 0.437 e. The van der Waals surface area contributed by atoms with Gasteiger partial charge in [0.05, 0.1) is 18.9 Å². The Morgan fingerprint density at radius 2 is 2.00 bits per heavy atom. The zero-order chi connectivity index (χ0) is 19.2. The SMILES string of the molecule is NC(N)=NC(=O)OCc1cccc(-c2ccc(N3CCOCC3)nn2)c1F. The molecule has 0 saturated carbocycles. The quantitative estimate of drug-likeness (QED) is 0.600. The van der Waals surface area contributed by atoms with Gasteiger partial charge in [-0.2, -0.15) is 0 Å². The zero-order valence-corrected chi connectivity index (χ0v) is 14.5. The molecule has 0 spiro atoms. The number of aromatic nitrogens is 2. The minimum absolute atomic E-state index is 0.172. The number of benzene rings is 1. The van der Waals surface area contributed by atoms with Crippen molar-refractivity contribution in [1.29, 1.82) is 0 Å². The first-order chi connectivity index (χ1) is 13.0. The van der Waals surface area contributed by atoms with E-state index in [-0.39, 0.29) is 17.7 Å². The molecule has 1 aromatic carbocycles. The summed E-state index contributed by atoms with van der Waals surface area (Å²) in [5.74, 6) is -0.266. The molecule has 0 bridgehead atoms. The van der Waals surface area contributed by atoms with Gasteiger partial charge in [-0.05, 0) is 18.2 Å². The maximum absolute atomic E-state index is 14.8. The third kappa shape index (κ3) is 4.67. The summed E-state index contributed by atoms with van der Waals surface area (Å²) in [5, 5.41) is 8.30. The van der Waals surface area contributed by atoms with Gasteiger partial charge in [0.25, 0.3) is 0 Å². The molecule has 10 heteroatoms. The lowest BCUT2D eigenvalue weighted by molar-refractivity contribution is 0.122. The molecule has 2 aromatic rings. The van der Waals surface area contributed by atoms with Gasteiger partial charge in [-0.3, -0.25) is 0 Å². The molecule has 9 nitrogen and oxygen atoms in total. The van der Waals surface area contributed by atoms with Crippen LogP contribution in [0.5, 0.6) is 0 Å². The Balaban J connectivity index is 1.74. The first-order valence-electron chi connectivity index (χ1n) is 8.25. The highest BCUT2D eigenvalue weighted by Gasteiger charge is 2.16. The van der Waals surface area contributed by atoms with E-state index >= 15 is 0 Å². The number of nitrogens with zero attached hydrogens (tertiary/aromatic N) is 4. The van der Waals surface area contributed by atoms with Crippen molar-refractivity contribution in [1.82, 2.24) is 10.2 Å². The molecule has 2 heterocycles. The number of carbonyl (C=O) groups is 1. The number of morpholine rings is 1. The summed E-state index contributed by atoms with van der Waals surface area (Å²) in [5.41, 5.74) is 11.0. The molecule has 3 rings (SSSR count). The summed E-state index contributed by atoms with van der Waals surface area (Å²) >= 11 is 0. The number of halogens is 1. The topological polar surface area (TPSA) is 129 Å². The monoisotopic (exact) mass is 374 g/mol. The van der Waals surface area contributed by atoms with Gasteiger partial charge in [0, 0.05) is 24.2 Å². The summed E-state index contributed by atoms with van der Waals surface area (Å²) in [7, 11) is 0. The van der Waals surface area contributed by atoms with Gasteiger partial charge in [-0.1, -0.05) is 12.1 Å². The summed E-state index contributed by atoms with van der Waals surface area (Å²) in [6.07, 6.45) is -0.991. The first-order valence-corrected chi connectivity index (χ1v) is 8.25. The number of aliphatic imine (C=N–C) groups is 1. The molecular weight excluding hydrogens is 355 g/mol. The maximum atomic E-state index is 14.8. The van der Waals surface area contributed by atoms with Gasteiger partial charge in [0.15, 0.2) is 11.8 Å². The Labute approximate surface area is 154 Å². The lowest BCUT2D eigenvalue weighted by Gasteiger charge is -2.27. The molecule has 0 atom stereocenters. The molecule has 142 valence electrons. The molecule has 0 radical (unpaired) electrons. The molecule has 1 aliphatic rings. The van der Waals surface area contributed by atoms with Crippen LogP contribution in [0.3, 0.4) is 0 Å². The number of nitrogens with two attached hydrogens (primary N) is 2. The number of anilines is 1. The van der Waals surface area contributed by atoms with Gasteiger partial charge in [0.1, 0.15) is 12.4 Å². The minimum atomic E-state index is -0.991. The fourth-order valence-corrected chi connectivity index (χ4v) is 2.60. The van der Waals surface area contributed by atoms with Crippen LogP contribution in [-0.2, 0) is 16.1 Å². The molecule has 0 aliphatic carbocycles. The average Bonchev–Trinajstić information content (AvgIpc) is 2.67. The van der Waals surface area contributed by atoms with Crippen LogP contribution in [-0.4, -0.2) is 48.6 Å². The largest absolute Gasteiger partial charge is 0.443 e. The Hall–Kier alpha value is -3.27. The smallest absolute Gasteiger partial charge is 0.437 e. The number of guanidine groups is 1. The van der Waals surface area contributed by atoms with Gasteiger partial charge >= 0.3 is 6.09 Å². The van der Waals surface area contributed by atoms with Gasteiger partial charge in [0.2, 0.25) is 0 Å². The summed E-state index contributed by atoms with van der Waals surface area (Å²) in [6, 6.07) is 8.20. The first kappa shape index (κ1) is 18.5. The number of hydrogen-bond acceptors (Lipinski definition) is 6. The highest BCUT2D eigenvalue weighted by atomic mass is 19.1. The van der Waals surface area contributed by atoms with Crippen molar-refractivity contribution >= 4 is 17.9 Å². The van der Waals surface area contributed by atoms with Crippen LogP contribution in [0.25, 0.3) is 11.3 Å². The third-order valence-corrected chi connectivity index (χ3v) is 3.91. The Morgan fingerprint density at radius 3 is 2.67 bits per heavy atom. The van der Waals surface area contributed by atoms with E-state index in [0.717, 1.165) is 13.1 Å². The zero-order valence-electron chi connectivity index (χ0n) is 14.5. The second-order valence-corrected chi connectivity index (χ2v) is 5.75. The fourth-order valence-electron chi connectivity index (χ4n) is 2.60. The van der Waals surface area contributed by atoms with Gasteiger partial charge < -0.3 is 25.8 Å². The molecule has 27 heavy (non-hydrogen) atoms. The van der Waals surface area contributed by atoms with Crippen LogP contribution in [0.1, 0.15) is 5.56 Å². The fraction of sp³-hybridized carbons (Fsp3) is 0.294. The van der Waals surface area contributed by atoms with E-state index in [1.165, 1.54) is 6.07 Å². The predicted molar refractivity (Wildman–Crippen MR) is 96.5 cm³/mol. The molecule has 1 saturated heterocycles. The van der Waals surface area contributed by atoms with Crippen LogP contribution < -0.4 is 16.4 Å². The van der Waals surface area contributed by atoms with Crippen LogP contribution in [0.4, 0.5) is 15.0 Å². The average molecular weight is 374 g/mol. The Morgan fingerprint density at radius 1 is 1.22 bits per heavy atom. The second kappa shape index (κ2) is 8.41. The number of amides is 1. The molecule has 1 amide bonds. The van der Waals surface area contributed by atoms with Crippen molar-refractivity contribution in [2.24, 2.45) is 16.5 Å². The molecule has 1 aromatic heterocycles. The molecule has 4 N–H and O–H groups in total. The van der Waals surface area contributed by atoms with Crippen LogP contribution in [0.2, 0.25) is 0 Å². The Bertz CT molecular complexity index is 833. The van der Waals surface area contributed by atoms with E-state index < -0.39 is 17.9 Å². The van der Waals surface area contributed by atoms with Crippen molar-refractivity contribution < 1.29 is 18.7 Å². The minimum Gasteiger partial charge on any atom is -0.443 e. The van der Waals surface area contributed by atoms with Crippen molar-refractivity contribution in [2.45, 2.75) is 6.61 Å². The molecule has 1 fully saturated rings. The Kier molecular flexibility index (Phi) is 5.77. The van der Waals surface area contributed by atoms with E-state index in [1.807, 2.05) is 0 Å². The second-order valence-electron chi connectivity index (χ2n) is 5.75. The van der Waals surface area contributed by atoms with Gasteiger partial charge in [-0.25, -0.2) is 9.18 Å². The summed E-state index contributed by atoms with van der Waals surface area (Å²) in [6.45, 7) is 2.43. The summed E-state index contributed by atoms with van der Waals surface area (Å²) in [4.78, 5) is 16.6. The van der Waals surface area contributed by atoms with Crippen molar-refractivity contribution in [3.63, 3.8) is 0 Å². The van der Waals surface area contributed by atoms with E-state index in [9.17, 15) is 9.18 Å². The number of carbonyl (C=O) groups excluding carboxylic acids is 1. The van der Waals surface area contributed by atoms with E-state index in [4.69, 9.17) is 20.9 Å². The van der Waals surface area contributed by atoms with E-state index in [2.05, 4.69) is 20.1 Å². The third-order valence-electron chi connectivity index (χ3n) is 3.91. The number of hydrogen-bond donors (Lipinski definition) is 2. The van der Waals surface area contributed by atoms with E-state index in [1.54, 1.807) is 24.3 Å². The normalized spacial score (nSPS) is 13.9. The van der Waals surface area contributed by atoms with Crippen molar-refractivity contribution in [2.75, 3.05) is 31.2 Å². The lowest BCUT2D eigenvalue weighted by atomic mass is 10.1. The lowest BCUT2D eigenvalue weighted by Crippen LogP contribution is -2.36. The summed E-state index contributed by atoms with van der Waals surface area (Å²) < 4.78 is 24.9. The number of rotatable bonds is 4. The molecule has 0 unspecified atom stereocenters. The van der Waals surface area contributed by atoms with Crippen LogP contribution in [0, 0.1) is 5.82 Å². The predicted octanol–water partition coefficient (Wildman–Crippen LogP) is 1.03. The van der Waals surface area contributed by atoms with Crippen LogP contribution in [0.15, 0.2) is 35.3 Å². The van der Waals surface area contributed by atoms with Crippen LogP contribution >= 0.6 is 0 Å². The van der Waals surface area contributed by atoms with Crippen molar-refractivity contribution in [3.8, 4) is 11.3 Å². The van der Waals surface area contributed by atoms with Crippen molar-refractivity contribution in [3.05, 3.63) is 41.7 Å². The highest BCUT2D eigenvalue weighted by molar-refractivity contribution is 5.87. The van der Waals surface area contributed by atoms with Gasteiger partial charge in [-0.15, -0.1) is 15.2 Å². The highest BCUT2D eigenvalue weighted by Crippen LogP contribution is 2.24. The number of ether oxygens (including phenoxy) is 2. The standard InChI is InChI=1S/C17H19FN6O3/c18-15-11(10-27-17(25)21-16(19)20)2-1-3-12(15)13-4-5-14(23-22-13)24-6-8-26-9-7-24/h1-5H,6-10H2,(H4,19,20,21,25). The van der Waals surface area contributed by atoms with E-state index in [0.29, 0.717) is 24.7 Å².